The lowest BCUT2D eigenvalue weighted by Gasteiger charge is -2.25. The largest absolute Gasteiger partial charge is 0.481 e. The Labute approximate surface area is 127 Å². The monoisotopic (exact) mass is 290 g/mol. The standard InChI is InChI=1S/C17H26N2O2/c1-11(16(20)19-17(2,3)4)21-13-8-9-14-12(10-13)6-5-7-15(14)18/h8-11,15H,5-7,18H2,1-4H3,(H,19,20). The summed E-state index contributed by atoms with van der Waals surface area (Å²) in [5.74, 6) is 0.635. The number of hydrogen-bond acceptors (Lipinski definition) is 3. The first kappa shape index (κ1) is 15.8. The predicted octanol–water partition coefficient (Wildman–Crippen LogP) is 2.70. The molecule has 1 amide bonds. The minimum atomic E-state index is -0.514. The van der Waals surface area contributed by atoms with E-state index in [4.69, 9.17) is 10.5 Å². The highest BCUT2D eigenvalue weighted by Gasteiger charge is 2.22. The molecule has 0 aromatic heterocycles. The molecule has 116 valence electrons. The van der Waals surface area contributed by atoms with Crippen LogP contribution in [-0.4, -0.2) is 17.6 Å². The number of fused-ring (bicyclic) bond motifs is 1. The Morgan fingerprint density at radius 3 is 2.81 bits per heavy atom. The molecule has 1 aliphatic carbocycles. The summed E-state index contributed by atoms with van der Waals surface area (Å²) in [7, 11) is 0. The Balaban J connectivity index is 2.05. The fourth-order valence-electron chi connectivity index (χ4n) is 2.63. The maximum Gasteiger partial charge on any atom is 0.261 e. The highest BCUT2D eigenvalue weighted by molar-refractivity contribution is 5.81. The summed E-state index contributed by atoms with van der Waals surface area (Å²) in [6.07, 6.45) is 2.66. The van der Waals surface area contributed by atoms with Crippen molar-refractivity contribution in [1.82, 2.24) is 5.32 Å². The van der Waals surface area contributed by atoms with Gasteiger partial charge in [0.25, 0.3) is 5.91 Å². The molecule has 0 spiro atoms. The number of benzene rings is 1. The third kappa shape index (κ3) is 4.21. The van der Waals surface area contributed by atoms with Gasteiger partial charge in [-0.3, -0.25) is 4.79 Å². The van der Waals surface area contributed by atoms with Crippen LogP contribution in [0.3, 0.4) is 0 Å². The van der Waals surface area contributed by atoms with Gasteiger partial charge in [-0.25, -0.2) is 0 Å². The van der Waals surface area contributed by atoms with Crippen LogP contribution in [0.1, 0.15) is 57.7 Å². The topological polar surface area (TPSA) is 64.3 Å². The molecule has 0 heterocycles. The molecule has 0 fully saturated rings. The maximum absolute atomic E-state index is 12.0. The second kappa shape index (κ2) is 6.06. The number of nitrogens with one attached hydrogen (secondary N) is 1. The molecule has 2 rings (SSSR count). The highest BCUT2D eigenvalue weighted by Crippen LogP contribution is 2.30. The van der Waals surface area contributed by atoms with Crippen LogP contribution in [0.25, 0.3) is 0 Å². The van der Waals surface area contributed by atoms with Gasteiger partial charge in [0.15, 0.2) is 6.10 Å². The van der Waals surface area contributed by atoms with Crippen molar-refractivity contribution in [2.45, 2.75) is 64.6 Å². The zero-order valence-corrected chi connectivity index (χ0v) is 13.4. The number of rotatable bonds is 3. The Bertz CT molecular complexity index is 520. The van der Waals surface area contributed by atoms with Crippen LogP contribution in [0.2, 0.25) is 0 Å². The molecular formula is C17H26N2O2. The molecule has 1 aromatic carbocycles. The molecule has 2 atom stereocenters. The minimum absolute atomic E-state index is 0.100. The van der Waals surface area contributed by atoms with E-state index in [1.54, 1.807) is 6.92 Å². The van der Waals surface area contributed by atoms with Gasteiger partial charge < -0.3 is 15.8 Å². The highest BCUT2D eigenvalue weighted by atomic mass is 16.5. The molecule has 0 saturated heterocycles. The van der Waals surface area contributed by atoms with Crippen LogP contribution in [0.5, 0.6) is 5.75 Å². The van der Waals surface area contributed by atoms with Crippen molar-refractivity contribution in [3.63, 3.8) is 0 Å². The number of amides is 1. The number of carbonyl (C=O) groups is 1. The number of ether oxygens (including phenoxy) is 1. The normalized spacial score (nSPS) is 19.6. The molecule has 1 aliphatic rings. The first-order chi connectivity index (χ1) is 9.76. The van der Waals surface area contributed by atoms with E-state index in [0.29, 0.717) is 0 Å². The average molecular weight is 290 g/mol. The molecule has 2 unspecified atom stereocenters. The quantitative estimate of drug-likeness (QED) is 0.899. The Morgan fingerprint density at radius 2 is 2.14 bits per heavy atom. The van der Waals surface area contributed by atoms with Crippen molar-refractivity contribution in [3.05, 3.63) is 29.3 Å². The van der Waals surface area contributed by atoms with Crippen molar-refractivity contribution in [2.75, 3.05) is 0 Å². The lowest BCUT2D eigenvalue weighted by Crippen LogP contribution is -2.46. The van der Waals surface area contributed by atoms with Gasteiger partial charge in [-0.05, 0) is 70.2 Å². The van der Waals surface area contributed by atoms with Crippen molar-refractivity contribution in [2.24, 2.45) is 5.73 Å². The van der Waals surface area contributed by atoms with Crippen molar-refractivity contribution >= 4 is 5.91 Å². The van der Waals surface area contributed by atoms with Crippen molar-refractivity contribution in [3.8, 4) is 5.75 Å². The van der Waals surface area contributed by atoms with Gasteiger partial charge in [-0.2, -0.15) is 0 Å². The first-order valence-electron chi connectivity index (χ1n) is 7.63. The molecule has 1 aromatic rings. The van der Waals surface area contributed by atoms with E-state index in [2.05, 4.69) is 5.32 Å². The molecule has 0 saturated carbocycles. The smallest absolute Gasteiger partial charge is 0.261 e. The van der Waals surface area contributed by atoms with Crippen LogP contribution < -0.4 is 15.8 Å². The van der Waals surface area contributed by atoms with Gasteiger partial charge in [-0.15, -0.1) is 0 Å². The summed E-state index contributed by atoms with van der Waals surface area (Å²) in [5.41, 5.74) is 8.31. The fraction of sp³-hybridized carbons (Fsp3) is 0.588. The SMILES string of the molecule is CC(Oc1ccc2c(c1)CCCC2N)C(=O)NC(C)(C)C. The van der Waals surface area contributed by atoms with Crippen LogP contribution in [0, 0.1) is 0 Å². The summed E-state index contributed by atoms with van der Waals surface area (Å²) >= 11 is 0. The van der Waals surface area contributed by atoms with Crippen molar-refractivity contribution in [1.29, 1.82) is 0 Å². The first-order valence-corrected chi connectivity index (χ1v) is 7.63. The number of aryl methyl sites for hydroxylation is 1. The number of carbonyl (C=O) groups excluding carboxylic acids is 1. The number of hydrogen-bond donors (Lipinski definition) is 2. The summed E-state index contributed by atoms with van der Waals surface area (Å²) < 4.78 is 5.77. The average Bonchev–Trinajstić information content (AvgIpc) is 2.36. The lowest BCUT2D eigenvalue weighted by atomic mass is 9.88. The summed E-state index contributed by atoms with van der Waals surface area (Å²) in [6.45, 7) is 7.64. The third-order valence-electron chi connectivity index (χ3n) is 3.66. The van der Waals surface area contributed by atoms with Gasteiger partial charge in [0.2, 0.25) is 0 Å². The van der Waals surface area contributed by atoms with Gasteiger partial charge >= 0.3 is 0 Å². The van der Waals surface area contributed by atoms with E-state index in [-0.39, 0.29) is 17.5 Å². The van der Waals surface area contributed by atoms with E-state index < -0.39 is 6.10 Å². The molecule has 4 heteroatoms. The van der Waals surface area contributed by atoms with Crippen LogP contribution >= 0.6 is 0 Å². The number of nitrogens with two attached hydrogens (primary N) is 1. The van der Waals surface area contributed by atoms with E-state index in [1.807, 2.05) is 39.0 Å². The third-order valence-corrected chi connectivity index (χ3v) is 3.66. The van der Waals surface area contributed by atoms with Gasteiger partial charge in [0.05, 0.1) is 0 Å². The fourth-order valence-corrected chi connectivity index (χ4v) is 2.63. The van der Waals surface area contributed by atoms with Crippen molar-refractivity contribution < 1.29 is 9.53 Å². The molecule has 21 heavy (non-hydrogen) atoms. The zero-order valence-electron chi connectivity index (χ0n) is 13.4. The molecular weight excluding hydrogens is 264 g/mol. The van der Waals surface area contributed by atoms with Gasteiger partial charge in [-0.1, -0.05) is 6.07 Å². The van der Waals surface area contributed by atoms with E-state index >= 15 is 0 Å². The van der Waals surface area contributed by atoms with E-state index in [9.17, 15) is 4.79 Å². The second-order valence-electron chi connectivity index (χ2n) is 6.86. The Morgan fingerprint density at radius 1 is 1.43 bits per heavy atom. The summed E-state index contributed by atoms with van der Waals surface area (Å²) in [5, 5.41) is 2.92. The summed E-state index contributed by atoms with van der Waals surface area (Å²) in [6, 6.07) is 6.09. The van der Waals surface area contributed by atoms with E-state index in [0.717, 1.165) is 25.0 Å². The second-order valence-corrected chi connectivity index (χ2v) is 6.86. The summed E-state index contributed by atoms with van der Waals surface area (Å²) in [4.78, 5) is 12.0. The Kier molecular flexibility index (Phi) is 4.57. The Hall–Kier alpha value is -1.55. The van der Waals surface area contributed by atoms with Gasteiger partial charge in [0, 0.05) is 11.6 Å². The van der Waals surface area contributed by atoms with Crippen LogP contribution in [0.4, 0.5) is 0 Å². The van der Waals surface area contributed by atoms with Gasteiger partial charge in [0.1, 0.15) is 5.75 Å². The van der Waals surface area contributed by atoms with E-state index in [1.165, 1.54) is 11.1 Å². The molecule has 0 radical (unpaired) electrons. The molecule has 4 nitrogen and oxygen atoms in total. The lowest BCUT2D eigenvalue weighted by molar-refractivity contribution is -0.128. The molecule has 0 bridgehead atoms. The molecule has 3 N–H and O–H groups in total. The maximum atomic E-state index is 12.0. The zero-order chi connectivity index (χ0) is 15.6. The molecule has 0 aliphatic heterocycles. The van der Waals surface area contributed by atoms with Crippen LogP contribution in [-0.2, 0) is 11.2 Å². The minimum Gasteiger partial charge on any atom is -0.481 e. The van der Waals surface area contributed by atoms with Crippen LogP contribution in [0.15, 0.2) is 18.2 Å². The predicted molar refractivity (Wildman–Crippen MR) is 84.3 cm³/mol.